The summed E-state index contributed by atoms with van der Waals surface area (Å²) >= 11 is 0. The minimum atomic E-state index is -0.137. The Morgan fingerprint density at radius 2 is 0.436 bits per heavy atom. The summed E-state index contributed by atoms with van der Waals surface area (Å²) in [5.41, 5.74) is 17.6. The maximum atomic E-state index is 7.34. The molecule has 3 N–H and O–H groups in total. The van der Waals surface area contributed by atoms with Crippen molar-refractivity contribution in [3.8, 4) is 0 Å². The van der Waals surface area contributed by atoms with E-state index >= 15 is 0 Å². The lowest BCUT2D eigenvalue weighted by atomic mass is 9.85. The highest BCUT2D eigenvalue weighted by Crippen LogP contribution is 2.44. The molecule has 0 unspecified atom stereocenters. The number of furan rings is 3. The maximum Gasteiger partial charge on any atom is 0.144 e. The second-order valence-corrected chi connectivity index (χ2v) is 29.2. The smallest absolute Gasteiger partial charge is 0.144 e. The van der Waals surface area contributed by atoms with E-state index in [1.807, 2.05) is 0 Å². The van der Waals surface area contributed by atoms with Crippen LogP contribution < -0.4 is 0 Å². The number of nitrogens with one attached hydrogen (secondary N) is 3. The average molecular weight is 1030 g/mol. The summed E-state index contributed by atoms with van der Waals surface area (Å²) in [6.07, 6.45) is 0. The van der Waals surface area contributed by atoms with Crippen LogP contribution >= 0.6 is 0 Å². The molecule has 0 aliphatic heterocycles. The van der Waals surface area contributed by atoms with Crippen LogP contribution in [0.5, 0.6) is 0 Å². The molecule has 7 heterocycles. The molecular weight excluding hydrogens is 955 g/mol. The van der Waals surface area contributed by atoms with Gasteiger partial charge >= 0.3 is 0 Å². The van der Waals surface area contributed by atoms with Crippen molar-refractivity contribution in [2.75, 3.05) is 0 Å². The minimum absolute atomic E-state index is 0.135. The molecule has 0 aliphatic rings. The first-order valence-corrected chi connectivity index (χ1v) is 28.1. The summed E-state index contributed by atoms with van der Waals surface area (Å²) < 4.78 is 22.0. The zero-order valence-electron chi connectivity index (χ0n) is 49.1. The number of H-pyrrole nitrogens is 3. The van der Waals surface area contributed by atoms with Gasteiger partial charge in [0.05, 0.1) is 33.1 Å². The number of hydrogen-bond acceptors (Lipinski definition) is 3. The number of aromatic nitrogens is 3. The van der Waals surface area contributed by atoms with E-state index in [2.05, 4.69) is 249 Å². The van der Waals surface area contributed by atoms with E-state index in [0.29, 0.717) is 0 Å². The Morgan fingerprint density at radius 3 is 0.654 bits per heavy atom. The molecule has 396 valence electrons. The summed E-state index contributed by atoms with van der Waals surface area (Å²) in [6, 6.07) is 41.8. The first-order chi connectivity index (χ1) is 36.3. The van der Waals surface area contributed by atoms with Gasteiger partial charge in [-0.2, -0.15) is 0 Å². The lowest BCUT2D eigenvalue weighted by Crippen LogP contribution is -2.10. The quantitative estimate of drug-likeness (QED) is 0.141. The summed E-state index contributed by atoms with van der Waals surface area (Å²) in [5.74, 6) is 0. The molecule has 0 radical (unpaired) electrons. The molecule has 0 fully saturated rings. The van der Waals surface area contributed by atoms with Gasteiger partial charge in [0, 0.05) is 64.6 Å². The number of aromatic amines is 3. The van der Waals surface area contributed by atoms with Gasteiger partial charge in [-0.05, 0) is 175 Å². The molecule has 6 aromatic carbocycles. The highest BCUT2D eigenvalue weighted by molar-refractivity contribution is 6.17. The van der Waals surface area contributed by atoms with Gasteiger partial charge in [-0.25, -0.2) is 0 Å². The van der Waals surface area contributed by atoms with Crippen molar-refractivity contribution >= 4 is 131 Å². The van der Waals surface area contributed by atoms with Gasteiger partial charge in [0.1, 0.15) is 33.5 Å². The normalized spacial score (nSPS) is 13.8. The van der Waals surface area contributed by atoms with Crippen LogP contribution in [-0.4, -0.2) is 15.0 Å². The fraction of sp³-hybridized carbons (Fsp3) is 0.333. The Kier molecular flexibility index (Phi) is 10.3. The molecule has 6 heteroatoms. The van der Waals surface area contributed by atoms with Gasteiger partial charge in [-0.1, -0.05) is 125 Å². The molecule has 0 amide bonds. The Bertz CT molecular complexity index is 4040. The van der Waals surface area contributed by atoms with Crippen LogP contribution in [0, 0.1) is 0 Å². The van der Waals surface area contributed by atoms with Crippen LogP contribution in [0.25, 0.3) is 131 Å². The Hall–Kier alpha value is -7.44. The first-order valence-electron chi connectivity index (χ1n) is 28.1. The van der Waals surface area contributed by atoms with Gasteiger partial charge < -0.3 is 28.2 Å². The third kappa shape index (κ3) is 8.10. The minimum Gasteiger partial charge on any atom is -0.455 e. The van der Waals surface area contributed by atoms with Crippen molar-refractivity contribution in [3.63, 3.8) is 0 Å². The lowest BCUT2D eigenvalue weighted by molar-refractivity contribution is 0.591. The van der Waals surface area contributed by atoms with Gasteiger partial charge in [-0.3, -0.25) is 0 Å². The lowest BCUT2D eigenvalue weighted by Gasteiger charge is -2.19. The van der Waals surface area contributed by atoms with Gasteiger partial charge in [0.25, 0.3) is 0 Å². The van der Waals surface area contributed by atoms with E-state index in [4.69, 9.17) is 13.3 Å². The van der Waals surface area contributed by atoms with Crippen LogP contribution in [0.15, 0.2) is 122 Å². The number of hydrogen-bond donors (Lipinski definition) is 3. The number of rotatable bonds is 0. The Labute approximate surface area is 456 Å². The van der Waals surface area contributed by atoms with Crippen molar-refractivity contribution in [1.82, 2.24) is 15.0 Å². The molecule has 0 saturated carbocycles. The predicted molar refractivity (Wildman–Crippen MR) is 335 cm³/mol. The van der Waals surface area contributed by atoms with E-state index in [1.54, 1.807) is 0 Å². The molecule has 78 heavy (non-hydrogen) atoms. The zero-order valence-corrected chi connectivity index (χ0v) is 49.1. The Balaban J connectivity index is 1.30. The number of benzene rings is 6. The topological polar surface area (TPSA) is 86.8 Å². The highest BCUT2D eigenvalue weighted by Gasteiger charge is 2.26. The SMILES string of the molecule is CC(C)(C)c1cc2cc3[nH]c2c(c1)c1cc2cc(C(C)(C)C)cc(c4cc5cc(C(C)(C)C)cc(c6cc7cc(C(C)(C)C)cc(c8cc9cc(C(C)(C)C)cc(c%10cc%11cc(C(C)(C)C)cc3c%11o%10)c9[nH]8)c7o6)c5[nH]4)c2o1. The predicted octanol–water partition coefficient (Wildman–Crippen LogP) is 21.8. The fourth-order valence-electron chi connectivity index (χ4n) is 11.8. The van der Waals surface area contributed by atoms with E-state index in [9.17, 15) is 0 Å². The van der Waals surface area contributed by atoms with Crippen LogP contribution in [0.1, 0.15) is 158 Å². The monoisotopic (exact) mass is 1030 g/mol. The second-order valence-electron chi connectivity index (χ2n) is 29.2. The molecule has 13 aromatic rings. The van der Waals surface area contributed by atoms with Crippen LogP contribution in [-0.2, 0) is 32.5 Å². The molecule has 0 aliphatic carbocycles. The third-order valence-corrected chi connectivity index (χ3v) is 16.9. The van der Waals surface area contributed by atoms with Gasteiger partial charge in [0.2, 0.25) is 0 Å². The average Bonchev–Trinajstić information content (AvgIpc) is 4.33. The maximum absolute atomic E-state index is 7.34. The van der Waals surface area contributed by atoms with Crippen LogP contribution in [0.3, 0.4) is 0 Å². The third-order valence-electron chi connectivity index (χ3n) is 16.9. The molecule has 7 aromatic heterocycles. The zero-order chi connectivity index (χ0) is 55.3. The van der Waals surface area contributed by atoms with E-state index in [-0.39, 0.29) is 32.5 Å². The Morgan fingerprint density at radius 1 is 0.231 bits per heavy atom. The van der Waals surface area contributed by atoms with Crippen molar-refractivity contribution in [3.05, 3.63) is 143 Å². The highest BCUT2D eigenvalue weighted by atomic mass is 16.3. The largest absolute Gasteiger partial charge is 0.455 e. The van der Waals surface area contributed by atoms with Crippen LogP contribution in [0.2, 0.25) is 0 Å². The van der Waals surface area contributed by atoms with E-state index in [1.165, 1.54) is 33.4 Å². The second kappa shape index (κ2) is 16.1. The van der Waals surface area contributed by atoms with Crippen molar-refractivity contribution in [2.24, 2.45) is 0 Å². The molecule has 6 nitrogen and oxygen atoms in total. The molecule has 0 spiro atoms. The van der Waals surface area contributed by atoms with E-state index < -0.39 is 0 Å². The molecular formula is C72H75N3O3. The molecule has 12 bridgehead atoms. The number of fused-ring (bicyclic) bond motifs is 12. The summed E-state index contributed by atoms with van der Waals surface area (Å²) in [6.45, 7) is 41.3. The summed E-state index contributed by atoms with van der Waals surface area (Å²) in [7, 11) is 0. The standard InChI is InChI=1S/C72H75N3O3/c1-67(2,3)43-19-37-25-55-49-31-47(71(13,14)15)23-41-29-59(77-65(41)49)53-35-45(69(7,8)9)21-39-27-57(75-63(39)53)51-33-48(72(16,17)18)24-42-30-60(78-66(42)51)54-36-44(68(4,5)6)20-38-26-56(74-62(38)54)50-32-46(70(10,11)12)22-40-28-58(76-64(40)50)52(34-43)61(37)73-55/h19-36,73-75H,1-18H3. The molecule has 13 rings (SSSR count). The van der Waals surface area contributed by atoms with Crippen LogP contribution in [0.4, 0.5) is 0 Å². The van der Waals surface area contributed by atoms with Gasteiger partial charge in [-0.15, -0.1) is 0 Å². The summed E-state index contributed by atoms with van der Waals surface area (Å²) in [5, 5.41) is 12.7. The summed E-state index contributed by atoms with van der Waals surface area (Å²) in [4.78, 5) is 12.0. The van der Waals surface area contributed by atoms with E-state index in [0.717, 1.165) is 131 Å². The fourth-order valence-corrected chi connectivity index (χ4v) is 11.8. The van der Waals surface area contributed by atoms with Crippen molar-refractivity contribution in [2.45, 2.75) is 157 Å². The molecule has 0 saturated heterocycles. The van der Waals surface area contributed by atoms with Gasteiger partial charge in [0.15, 0.2) is 0 Å². The van der Waals surface area contributed by atoms with Crippen molar-refractivity contribution in [1.29, 1.82) is 0 Å². The molecule has 0 atom stereocenters. The first kappa shape index (κ1) is 50.1. The van der Waals surface area contributed by atoms with Crippen molar-refractivity contribution < 1.29 is 13.3 Å².